The average Bonchev–Trinajstić information content (AvgIpc) is 3.15. The highest BCUT2D eigenvalue weighted by Crippen LogP contribution is 2.33. The molecule has 0 radical (unpaired) electrons. The zero-order chi connectivity index (χ0) is 14.8. The van der Waals surface area contributed by atoms with E-state index in [9.17, 15) is 4.79 Å². The summed E-state index contributed by atoms with van der Waals surface area (Å²) in [5, 5.41) is 2.68. The lowest BCUT2D eigenvalue weighted by molar-refractivity contribution is 0.0348. The molecule has 2 aromatic heterocycles. The molecule has 112 valence electrons. The zero-order valence-corrected chi connectivity index (χ0v) is 13.9. The maximum absolute atomic E-state index is 12.5. The standard InChI is InChI=1S/C14H15ClN2O2S2/c1-19-9-4-6-17(7-5-9)14(18)10-8-20-13(16-10)11-2-3-12(15)21-11/h2-3,8-9H,4-7H2,1H3. The Bertz CT molecular complexity index is 632. The van der Waals surface area contributed by atoms with Gasteiger partial charge in [-0.05, 0) is 25.0 Å². The van der Waals surface area contributed by atoms with Crippen LogP contribution >= 0.6 is 34.3 Å². The molecule has 0 aliphatic carbocycles. The Morgan fingerprint density at radius 3 is 2.81 bits per heavy atom. The van der Waals surface area contributed by atoms with Gasteiger partial charge in [-0.1, -0.05) is 11.6 Å². The van der Waals surface area contributed by atoms with Crippen LogP contribution in [0.2, 0.25) is 4.34 Å². The maximum Gasteiger partial charge on any atom is 0.273 e. The molecule has 2 aromatic rings. The molecule has 1 aliphatic heterocycles. The van der Waals surface area contributed by atoms with Gasteiger partial charge in [0.2, 0.25) is 0 Å². The smallest absolute Gasteiger partial charge is 0.273 e. The molecule has 1 saturated heterocycles. The molecule has 0 spiro atoms. The molecule has 0 aromatic carbocycles. The van der Waals surface area contributed by atoms with Crippen molar-refractivity contribution in [3.8, 4) is 9.88 Å². The quantitative estimate of drug-likeness (QED) is 0.852. The summed E-state index contributed by atoms with van der Waals surface area (Å²) in [6, 6.07) is 3.78. The molecule has 21 heavy (non-hydrogen) atoms. The van der Waals surface area contributed by atoms with Crippen LogP contribution in [0.15, 0.2) is 17.5 Å². The van der Waals surface area contributed by atoms with E-state index in [-0.39, 0.29) is 12.0 Å². The maximum atomic E-state index is 12.5. The summed E-state index contributed by atoms with van der Waals surface area (Å²) in [7, 11) is 1.72. The van der Waals surface area contributed by atoms with Crippen molar-refractivity contribution in [3.05, 3.63) is 27.5 Å². The summed E-state index contributed by atoms with van der Waals surface area (Å²) in [5.74, 6) is 0.00899. The van der Waals surface area contributed by atoms with E-state index in [4.69, 9.17) is 16.3 Å². The van der Waals surface area contributed by atoms with E-state index in [1.807, 2.05) is 22.4 Å². The number of likely N-dealkylation sites (tertiary alicyclic amines) is 1. The number of nitrogens with zero attached hydrogens (tertiary/aromatic N) is 2. The van der Waals surface area contributed by atoms with Gasteiger partial charge in [0.05, 0.1) is 15.3 Å². The van der Waals surface area contributed by atoms with Crippen molar-refractivity contribution in [2.24, 2.45) is 0 Å². The third-order valence-electron chi connectivity index (χ3n) is 3.57. The van der Waals surface area contributed by atoms with Gasteiger partial charge >= 0.3 is 0 Å². The Balaban J connectivity index is 1.70. The van der Waals surface area contributed by atoms with Crippen molar-refractivity contribution in [2.45, 2.75) is 18.9 Å². The Hall–Kier alpha value is -0.950. The summed E-state index contributed by atoms with van der Waals surface area (Å²) >= 11 is 8.90. The van der Waals surface area contributed by atoms with Gasteiger partial charge in [0.25, 0.3) is 5.91 Å². The summed E-state index contributed by atoms with van der Waals surface area (Å²) in [6.45, 7) is 1.46. The second kappa shape index (κ2) is 6.44. The van der Waals surface area contributed by atoms with Crippen molar-refractivity contribution in [1.29, 1.82) is 0 Å². The molecule has 7 heteroatoms. The van der Waals surface area contributed by atoms with E-state index in [1.165, 1.54) is 22.7 Å². The van der Waals surface area contributed by atoms with Gasteiger partial charge in [0.15, 0.2) is 0 Å². The van der Waals surface area contributed by atoms with Gasteiger partial charge < -0.3 is 9.64 Å². The lowest BCUT2D eigenvalue weighted by Gasteiger charge is -2.30. The normalized spacial score (nSPS) is 16.4. The molecule has 0 saturated carbocycles. The van der Waals surface area contributed by atoms with Crippen LogP contribution in [-0.4, -0.2) is 42.1 Å². The lowest BCUT2D eigenvalue weighted by atomic mass is 10.1. The predicted octanol–water partition coefficient (Wildman–Crippen LogP) is 3.78. The number of piperidine rings is 1. The van der Waals surface area contributed by atoms with Gasteiger partial charge in [-0.25, -0.2) is 4.98 Å². The largest absolute Gasteiger partial charge is 0.381 e. The van der Waals surface area contributed by atoms with Crippen molar-refractivity contribution >= 4 is 40.2 Å². The summed E-state index contributed by atoms with van der Waals surface area (Å²) in [4.78, 5) is 19.8. The number of carbonyl (C=O) groups is 1. The van der Waals surface area contributed by atoms with Gasteiger partial charge in [0, 0.05) is 25.6 Å². The molecule has 1 fully saturated rings. The molecule has 0 bridgehead atoms. The van der Waals surface area contributed by atoms with Crippen LogP contribution in [-0.2, 0) is 4.74 Å². The first kappa shape index (κ1) is 15.0. The van der Waals surface area contributed by atoms with Gasteiger partial charge in [-0.3, -0.25) is 4.79 Å². The lowest BCUT2D eigenvalue weighted by Crippen LogP contribution is -2.40. The topological polar surface area (TPSA) is 42.4 Å². The van der Waals surface area contributed by atoms with E-state index in [0.29, 0.717) is 5.69 Å². The van der Waals surface area contributed by atoms with Crippen molar-refractivity contribution in [3.63, 3.8) is 0 Å². The first-order valence-corrected chi connectivity index (χ1v) is 8.78. The number of ether oxygens (including phenoxy) is 1. The molecule has 1 aliphatic rings. The van der Waals surface area contributed by atoms with Crippen LogP contribution in [0, 0.1) is 0 Å². The highest BCUT2D eigenvalue weighted by Gasteiger charge is 2.25. The highest BCUT2D eigenvalue weighted by molar-refractivity contribution is 7.23. The number of hydrogen-bond donors (Lipinski definition) is 0. The van der Waals surface area contributed by atoms with Crippen molar-refractivity contribution in [1.82, 2.24) is 9.88 Å². The number of thiophene rings is 1. The van der Waals surface area contributed by atoms with Crippen LogP contribution in [0.5, 0.6) is 0 Å². The zero-order valence-electron chi connectivity index (χ0n) is 11.5. The van der Waals surface area contributed by atoms with E-state index in [0.717, 1.165) is 40.2 Å². The first-order valence-electron chi connectivity index (χ1n) is 6.70. The molecular weight excluding hydrogens is 328 g/mol. The Morgan fingerprint density at radius 1 is 1.43 bits per heavy atom. The van der Waals surface area contributed by atoms with E-state index < -0.39 is 0 Å². The Morgan fingerprint density at radius 2 is 2.19 bits per heavy atom. The fourth-order valence-electron chi connectivity index (χ4n) is 2.37. The monoisotopic (exact) mass is 342 g/mol. The van der Waals surface area contributed by atoms with Crippen LogP contribution in [0.3, 0.4) is 0 Å². The number of amides is 1. The average molecular weight is 343 g/mol. The third-order valence-corrected chi connectivity index (χ3v) is 5.81. The van der Waals surface area contributed by atoms with E-state index in [2.05, 4.69) is 4.98 Å². The van der Waals surface area contributed by atoms with E-state index >= 15 is 0 Å². The predicted molar refractivity (Wildman–Crippen MR) is 86.4 cm³/mol. The molecule has 0 N–H and O–H groups in total. The number of hydrogen-bond acceptors (Lipinski definition) is 5. The minimum atomic E-state index is 0.00899. The summed E-state index contributed by atoms with van der Waals surface area (Å²) < 4.78 is 6.06. The Kier molecular flexibility index (Phi) is 4.59. The number of aromatic nitrogens is 1. The van der Waals surface area contributed by atoms with Crippen molar-refractivity contribution in [2.75, 3.05) is 20.2 Å². The molecular formula is C14H15ClN2O2S2. The third kappa shape index (κ3) is 3.29. The molecule has 4 nitrogen and oxygen atoms in total. The summed E-state index contributed by atoms with van der Waals surface area (Å²) in [5.41, 5.74) is 0.524. The molecule has 1 amide bonds. The number of methoxy groups -OCH3 is 1. The second-order valence-corrected chi connectivity index (χ2v) is 7.44. The number of thiazole rings is 1. The second-order valence-electron chi connectivity index (χ2n) is 4.87. The fraction of sp³-hybridized carbons (Fsp3) is 0.429. The van der Waals surface area contributed by atoms with Crippen LogP contribution in [0.4, 0.5) is 0 Å². The molecule has 0 atom stereocenters. The highest BCUT2D eigenvalue weighted by atomic mass is 35.5. The van der Waals surface area contributed by atoms with E-state index in [1.54, 1.807) is 7.11 Å². The van der Waals surface area contributed by atoms with Gasteiger partial charge in [-0.15, -0.1) is 22.7 Å². The first-order chi connectivity index (χ1) is 10.2. The molecule has 3 rings (SSSR count). The minimum Gasteiger partial charge on any atom is -0.381 e. The Labute approximate surface area is 136 Å². The number of rotatable bonds is 3. The van der Waals surface area contributed by atoms with Crippen LogP contribution < -0.4 is 0 Å². The van der Waals surface area contributed by atoms with Gasteiger partial charge in [0.1, 0.15) is 10.7 Å². The SMILES string of the molecule is COC1CCN(C(=O)c2csc(-c3ccc(Cl)s3)n2)CC1. The number of halogens is 1. The molecule has 3 heterocycles. The van der Waals surface area contributed by atoms with Crippen LogP contribution in [0.25, 0.3) is 9.88 Å². The number of carbonyl (C=O) groups excluding carboxylic acids is 1. The van der Waals surface area contributed by atoms with Crippen LogP contribution in [0.1, 0.15) is 23.3 Å². The summed E-state index contributed by atoms with van der Waals surface area (Å²) in [6.07, 6.45) is 2.05. The fourth-order valence-corrected chi connectivity index (χ4v) is 4.28. The van der Waals surface area contributed by atoms with Gasteiger partial charge in [-0.2, -0.15) is 0 Å². The minimum absolute atomic E-state index is 0.00899. The van der Waals surface area contributed by atoms with Crippen molar-refractivity contribution < 1.29 is 9.53 Å². The molecule has 0 unspecified atom stereocenters.